The van der Waals surface area contributed by atoms with Crippen LogP contribution in [0.1, 0.15) is 12.5 Å². The standard InChI is InChI=1S/C22H22ClN3O4S.Na/c1-3-26(15-16-5-4-6-20(13-16)31(27,28)29)19-10-8-18(9-11-19)24-25-21-14-17(23)7-12-22(21)30-2;/h4-14H,3,15H2,1-2H3,(H,27,28,29);/q;+1/p-1. The van der Waals surface area contributed by atoms with Gasteiger partial charge >= 0.3 is 29.6 Å². The molecule has 7 nitrogen and oxygen atoms in total. The zero-order valence-corrected chi connectivity index (χ0v) is 21.6. The number of hydrogen-bond donors (Lipinski definition) is 0. The third-order valence-corrected chi connectivity index (χ3v) is 5.64. The minimum absolute atomic E-state index is 0. The number of methoxy groups -OCH3 is 1. The SMILES string of the molecule is CCN(Cc1cccc(S(=O)(=O)[O-])c1)c1ccc(N=Nc2cc(Cl)ccc2OC)cc1.[Na+]. The van der Waals surface area contributed by atoms with E-state index in [4.69, 9.17) is 16.3 Å². The molecular weight excluding hydrogens is 461 g/mol. The Labute approximate surface area is 215 Å². The van der Waals surface area contributed by atoms with Crippen molar-refractivity contribution in [3.05, 3.63) is 77.3 Å². The van der Waals surface area contributed by atoms with Crippen molar-refractivity contribution in [1.29, 1.82) is 0 Å². The Kier molecular flexibility index (Phi) is 9.69. The van der Waals surface area contributed by atoms with E-state index in [0.717, 1.165) is 11.3 Å². The summed E-state index contributed by atoms with van der Waals surface area (Å²) in [7, 11) is -2.93. The van der Waals surface area contributed by atoms with E-state index in [9.17, 15) is 13.0 Å². The minimum atomic E-state index is -4.48. The summed E-state index contributed by atoms with van der Waals surface area (Å²) in [6.07, 6.45) is 0. The van der Waals surface area contributed by atoms with Crippen molar-refractivity contribution in [1.82, 2.24) is 0 Å². The van der Waals surface area contributed by atoms with Gasteiger partial charge in [-0.3, -0.25) is 0 Å². The van der Waals surface area contributed by atoms with Gasteiger partial charge in [-0.2, -0.15) is 5.11 Å². The van der Waals surface area contributed by atoms with E-state index in [1.54, 1.807) is 37.4 Å². The van der Waals surface area contributed by atoms with Crippen molar-refractivity contribution in [2.45, 2.75) is 18.4 Å². The number of rotatable bonds is 8. The van der Waals surface area contributed by atoms with Gasteiger partial charge in [-0.05, 0) is 67.1 Å². The van der Waals surface area contributed by atoms with E-state index in [-0.39, 0.29) is 34.5 Å². The Hall–Kier alpha value is -1.94. The van der Waals surface area contributed by atoms with Gasteiger partial charge in [0.1, 0.15) is 21.6 Å². The van der Waals surface area contributed by atoms with Crippen molar-refractivity contribution in [3.63, 3.8) is 0 Å². The Bertz CT molecular complexity index is 1190. The Balaban J connectivity index is 0.00000363. The summed E-state index contributed by atoms with van der Waals surface area (Å²) in [4.78, 5) is 1.82. The maximum atomic E-state index is 11.3. The smallest absolute Gasteiger partial charge is 0.744 e. The fourth-order valence-electron chi connectivity index (χ4n) is 2.99. The average molecular weight is 482 g/mol. The molecule has 3 aromatic rings. The number of halogens is 1. The molecule has 162 valence electrons. The van der Waals surface area contributed by atoms with Gasteiger partial charge in [0.05, 0.1) is 17.7 Å². The first-order valence-electron chi connectivity index (χ1n) is 9.45. The number of ether oxygens (including phenoxy) is 1. The van der Waals surface area contributed by atoms with Gasteiger partial charge in [0, 0.05) is 23.8 Å². The van der Waals surface area contributed by atoms with Gasteiger partial charge in [0.15, 0.2) is 0 Å². The molecule has 0 aliphatic carbocycles. The molecule has 3 aromatic carbocycles. The van der Waals surface area contributed by atoms with Crippen molar-refractivity contribution in [2.24, 2.45) is 10.2 Å². The molecule has 3 rings (SSSR count). The second-order valence-corrected chi connectivity index (χ2v) is 8.46. The summed E-state index contributed by atoms with van der Waals surface area (Å²) >= 11 is 6.01. The van der Waals surface area contributed by atoms with E-state index in [0.29, 0.717) is 35.2 Å². The monoisotopic (exact) mass is 481 g/mol. The van der Waals surface area contributed by atoms with Gasteiger partial charge in [-0.25, -0.2) is 8.42 Å². The second kappa shape index (κ2) is 11.8. The van der Waals surface area contributed by atoms with Crippen LogP contribution in [0.5, 0.6) is 5.75 Å². The zero-order chi connectivity index (χ0) is 22.4. The van der Waals surface area contributed by atoms with E-state index in [2.05, 4.69) is 15.1 Å². The largest absolute Gasteiger partial charge is 1.00 e. The van der Waals surface area contributed by atoms with Gasteiger partial charge in [-0.1, -0.05) is 23.7 Å². The Morgan fingerprint density at radius 1 is 1.03 bits per heavy atom. The molecule has 0 saturated heterocycles. The molecule has 0 unspecified atom stereocenters. The number of azo groups is 1. The molecule has 0 aliphatic heterocycles. The summed E-state index contributed by atoms with van der Waals surface area (Å²) in [5, 5.41) is 9.00. The molecule has 0 aliphatic rings. The van der Waals surface area contributed by atoms with Crippen LogP contribution in [-0.4, -0.2) is 26.6 Å². The van der Waals surface area contributed by atoms with Crippen LogP contribution in [-0.2, 0) is 16.7 Å². The summed E-state index contributed by atoms with van der Waals surface area (Å²) in [6.45, 7) is 3.14. The Morgan fingerprint density at radius 3 is 2.38 bits per heavy atom. The summed E-state index contributed by atoms with van der Waals surface area (Å²) in [5.41, 5.74) is 2.84. The predicted molar refractivity (Wildman–Crippen MR) is 120 cm³/mol. The van der Waals surface area contributed by atoms with Gasteiger partial charge in [-0.15, -0.1) is 5.11 Å². The molecule has 0 N–H and O–H groups in total. The van der Waals surface area contributed by atoms with Crippen molar-refractivity contribution >= 4 is 38.8 Å². The van der Waals surface area contributed by atoms with Crippen molar-refractivity contribution < 1.29 is 47.3 Å². The molecule has 0 amide bonds. The predicted octanol–water partition coefficient (Wildman–Crippen LogP) is 2.70. The normalized spacial score (nSPS) is 11.2. The van der Waals surface area contributed by atoms with Crippen LogP contribution in [0.25, 0.3) is 0 Å². The molecule has 0 saturated carbocycles. The van der Waals surface area contributed by atoms with Crippen LogP contribution >= 0.6 is 11.6 Å². The number of nitrogens with zero attached hydrogens (tertiary/aromatic N) is 3. The molecule has 0 heterocycles. The van der Waals surface area contributed by atoms with Crippen LogP contribution in [0, 0.1) is 0 Å². The Morgan fingerprint density at radius 2 is 1.75 bits per heavy atom. The van der Waals surface area contributed by atoms with E-state index in [1.165, 1.54) is 12.1 Å². The van der Waals surface area contributed by atoms with Crippen molar-refractivity contribution in [2.75, 3.05) is 18.6 Å². The first kappa shape index (κ1) is 26.3. The number of hydrogen-bond acceptors (Lipinski definition) is 7. The van der Waals surface area contributed by atoms with E-state index >= 15 is 0 Å². The third-order valence-electron chi connectivity index (χ3n) is 4.57. The summed E-state index contributed by atoms with van der Waals surface area (Å²) in [5.74, 6) is 0.573. The summed E-state index contributed by atoms with van der Waals surface area (Å²) < 4.78 is 39.1. The minimum Gasteiger partial charge on any atom is -0.744 e. The molecule has 0 spiro atoms. The van der Waals surface area contributed by atoms with Crippen LogP contribution in [0.4, 0.5) is 17.1 Å². The van der Waals surface area contributed by atoms with Crippen molar-refractivity contribution in [3.8, 4) is 5.75 Å². The van der Waals surface area contributed by atoms with Gasteiger partial charge in [0.25, 0.3) is 0 Å². The molecule has 0 bridgehead atoms. The van der Waals surface area contributed by atoms with Gasteiger partial charge < -0.3 is 14.2 Å². The molecular formula is C22H21ClN3NaO4S. The van der Waals surface area contributed by atoms with E-state index in [1.807, 2.05) is 31.2 Å². The fourth-order valence-corrected chi connectivity index (χ4v) is 3.70. The number of anilines is 1. The number of benzene rings is 3. The quantitative estimate of drug-likeness (QED) is 0.280. The molecule has 10 heteroatoms. The molecule has 32 heavy (non-hydrogen) atoms. The third kappa shape index (κ3) is 7.03. The van der Waals surface area contributed by atoms with Crippen LogP contribution in [0.15, 0.2) is 81.9 Å². The maximum absolute atomic E-state index is 11.3. The van der Waals surface area contributed by atoms with E-state index < -0.39 is 10.1 Å². The fraction of sp³-hybridized carbons (Fsp3) is 0.182. The van der Waals surface area contributed by atoms with Crippen LogP contribution in [0.2, 0.25) is 5.02 Å². The topological polar surface area (TPSA) is 94.4 Å². The average Bonchev–Trinajstić information content (AvgIpc) is 2.76. The first-order valence-corrected chi connectivity index (χ1v) is 11.2. The maximum Gasteiger partial charge on any atom is 1.00 e. The first-order chi connectivity index (χ1) is 14.8. The van der Waals surface area contributed by atoms with Gasteiger partial charge in [0.2, 0.25) is 0 Å². The second-order valence-electron chi connectivity index (χ2n) is 6.65. The molecule has 0 fully saturated rings. The molecule has 0 radical (unpaired) electrons. The summed E-state index contributed by atoms with van der Waals surface area (Å²) in [6, 6.07) is 18.7. The van der Waals surface area contributed by atoms with Crippen LogP contribution < -0.4 is 39.2 Å². The zero-order valence-electron chi connectivity index (χ0n) is 18.0. The molecule has 0 atom stereocenters. The molecule has 0 aromatic heterocycles. The van der Waals surface area contributed by atoms with Crippen LogP contribution in [0.3, 0.4) is 0 Å².